The molecule has 6 nitrogen and oxygen atoms in total. The smallest absolute Gasteiger partial charge is 0.229 e. The topological polar surface area (TPSA) is 67.9 Å². The summed E-state index contributed by atoms with van der Waals surface area (Å²) < 4.78 is 5.41. The lowest BCUT2D eigenvalue weighted by Gasteiger charge is -2.30. The molecule has 2 fully saturated rings. The molecule has 1 aliphatic carbocycles. The zero-order valence-corrected chi connectivity index (χ0v) is 12.9. The van der Waals surface area contributed by atoms with E-state index in [9.17, 15) is 0 Å². The third-order valence-electron chi connectivity index (χ3n) is 4.47. The molecule has 22 heavy (non-hydrogen) atoms. The van der Waals surface area contributed by atoms with Crippen molar-refractivity contribution in [2.24, 2.45) is 0 Å². The highest BCUT2D eigenvalue weighted by Gasteiger charge is 2.32. The molecule has 2 aromatic rings. The van der Waals surface area contributed by atoms with Crippen molar-refractivity contribution < 1.29 is 4.52 Å². The Labute approximate surface area is 130 Å². The van der Waals surface area contributed by atoms with Crippen LogP contribution < -0.4 is 0 Å². The second kappa shape index (κ2) is 5.76. The van der Waals surface area contributed by atoms with E-state index in [1.54, 1.807) is 0 Å². The maximum atomic E-state index is 5.41. The third-order valence-corrected chi connectivity index (χ3v) is 4.47. The summed E-state index contributed by atoms with van der Waals surface area (Å²) in [6, 6.07) is 0. The van der Waals surface area contributed by atoms with E-state index in [2.05, 4.69) is 25.0 Å². The molecule has 1 saturated carbocycles. The van der Waals surface area contributed by atoms with Crippen LogP contribution in [0.3, 0.4) is 0 Å². The highest BCUT2D eigenvalue weighted by atomic mass is 16.5. The fraction of sp³-hybridized carbons (Fsp3) is 0.625. The molecule has 2 aromatic heterocycles. The highest BCUT2D eigenvalue weighted by molar-refractivity contribution is 5.06. The number of nitrogens with zero attached hydrogens (tertiary/aromatic N) is 5. The molecule has 0 unspecified atom stereocenters. The van der Waals surface area contributed by atoms with E-state index >= 15 is 0 Å². The molecule has 1 saturated heterocycles. The van der Waals surface area contributed by atoms with Crippen LogP contribution >= 0.6 is 0 Å². The summed E-state index contributed by atoms with van der Waals surface area (Å²) in [6.07, 6.45) is 8.41. The molecule has 0 bridgehead atoms. The molecule has 0 N–H and O–H groups in total. The van der Waals surface area contributed by atoms with Crippen LogP contribution in [0.5, 0.6) is 0 Å². The fourth-order valence-corrected chi connectivity index (χ4v) is 3.05. The number of aryl methyl sites for hydroxylation is 1. The van der Waals surface area contributed by atoms with Crippen molar-refractivity contribution in [2.75, 3.05) is 13.1 Å². The van der Waals surface area contributed by atoms with Crippen LogP contribution in [0.2, 0.25) is 0 Å². The predicted molar refractivity (Wildman–Crippen MR) is 80.3 cm³/mol. The lowest BCUT2D eigenvalue weighted by molar-refractivity contribution is 0.192. The van der Waals surface area contributed by atoms with Crippen molar-refractivity contribution in [1.82, 2.24) is 25.0 Å². The Morgan fingerprint density at radius 3 is 2.86 bits per heavy atom. The summed E-state index contributed by atoms with van der Waals surface area (Å²) in [5.41, 5.74) is 1.98. The molecule has 0 amide bonds. The van der Waals surface area contributed by atoms with E-state index in [4.69, 9.17) is 4.52 Å². The van der Waals surface area contributed by atoms with Gasteiger partial charge >= 0.3 is 0 Å². The average Bonchev–Trinajstić information content (AvgIpc) is 3.27. The minimum absolute atomic E-state index is 0.378. The van der Waals surface area contributed by atoms with Gasteiger partial charge in [0, 0.05) is 37.3 Å². The molecular formula is C16H21N5O. The van der Waals surface area contributed by atoms with Gasteiger partial charge in [-0.3, -0.25) is 14.9 Å². The lowest BCUT2D eigenvalue weighted by atomic mass is 9.97. The first-order valence-electron chi connectivity index (χ1n) is 8.11. The second-order valence-electron chi connectivity index (χ2n) is 6.49. The molecule has 1 atom stereocenters. The average molecular weight is 299 g/mol. The summed E-state index contributed by atoms with van der Waals surface area (Å²) in [7, 11) is 0. The summed E-state index contributed by atoms with van der Waals surface area (Å²) in [4.78, 5) is 15.8. The Kier molecular flexibility index (Phi) is 3.62. The molecule has 2 aliphatic rings. The first-order valence-corrected chi connectivity index (χ1v) is 8.11. The van der Waals surface area contributed by atoms with Crippen LogP contribution in [0.4, 0.5) is 0 Å². The first-order chi connectivity index (χ1) is 10.8. The number of likely N-dealkylation sites (tertiary alicyclic amines) is 1. The maximum Gasteiger partial charge on any atom is 0.229 e. The Morgan fingerprint density at radius 2 is 2.09 bits per heavy atom. The van der Waals surface area contributed by atoms with Gasteiger partial charge in [-0.05, 0) is 39.2 Å². The Bertz CT molecular complexity index is 634. The van der Waals surface area contributed by atoms with Crippen LogP contribution in [0, 0.1) is 6.92 Å². The molecule has 0 spiro atoms. The minimum atomic E-state index is 0.378. The largest absolute Gasteiger partial charge is 0.339 e. The Morgan fingerprint density at radius 1 is 1.18 bits per heavy atom. The van der Waals surface area contributed by atoms with Crippen molar-refractivity contribution in [3.63, 3.8) is 0 Å². The van der Waals surface area contributed by atoms with Gasteiger partial charge in [-0.25, -0.2) is 0 Å². The summed E-state index contributed by atoms with van der Waals surface area (Å²) in [5, 5.41) is 4.21. The monoisotopic (exact) mass is 299 g/mol. The maximum absolute atomic E-state index is 5.41. The third kappa shape index (κ3) is 3.02. The summed E-state index contributed by atoms with van der Waals surface area (Å²) in [6.45, 7) is 4.87. The van der Waals surface area contributed by atoms with Crippen molar-refractivity contribution in [1.29, 1.82) is 0 Å². The molecule has 1 aliphatic heterocycles. The Hall–Kier alpha value is -1.82. The number of rotatable bonds is 4. The van der Waals surface area contributed by atoms with Gasteiger partial charge in [0.2, 0.25) is 5.89 Å². The van der Waals surface area contributed by atoms with Crippen LogP contribution in [-0.2, 0) is 6.54 Å². The van der Waals surface area contributed by atoms with E-state index in [-0.39, 0.29) is 0 Å². The molecule has 116 valence electrons. The zero-order chi connectivity index (χ0) is 14.9. The van der Waals surface area contributed by atoms with Gasteiger partial charge in [-0.1, -0.05) is 5.16 Å². The predicted octanol–water partition coefficient (Wildman–Crippen LogP) is 2.43. The summed E-state index contributed by atoms with van der Waals surface area (Å²) >= 11 is 0. The number of piperidine rings is 1. The van der Waals surface area contributed by atoms with E-state index in [1.807, 2.05) is 19.3 Å². The molecule has 0 radical (unpaired) electrons. The quantitative estimate of drug-likeness (QED) is 0.863. The number of hydrogen-bond donors (Lipinski definition) is 0. The van der Waals surface area contributed by atoms with Gasteiger partial charge in [-0.15, -0.1) is 0 Å². The van der Waals surface area contributed by atoms with Crippen LogP contribution in [-0.4, -0.2) is 38.1 Å². The molecule has 0 aromatic carbocycles. The standard InChI is InChI=1S/C16H21N5O/c1-11-7-18-14(8-17-11)10-21-6-2-3-13(9-21)15-19-16(22-20-15)12-4-5-12/h7-8,12-13H,2-6,9-10H2,1H3/t13-/m1/s1. The molecular weight excluding hydrogens is 278 g/mol. The minimum Gasteiger partial charge on any atom is -0.339 e. The van der Waals surface area contributed by atoms with Crippen molar-refractivity contribution >= 4 is 0 Å². The summed E-state index contributed by atoms with van der Waals surface area (Å²) in [5.74, 6) is 2.64. The van der Waals surface area contributed by atoms with Crippen molar-refractivity contribution in [3.8, 4) is 0 Å². The highest BCUT2D eigenvalue weighted by Crippen LogP contribution is 2.39. The normalized spacial score (nSPS) is 22.9. The van der Waals surface area contributed by atoms with E-state index < -0.39 is 0 Å². The number of aromatic nitrogens is 4. The van der Waals surface area contributed by atoms with Gasteiger partial charge in [0.15, 0.2) is 5.82 Å². The van der Waals surface area contributed by atoms with Gasteiger partial charge < -0.3 is 4.52 Å². The second-order valence-corrected chi connectivity index (χ2v) is 6.49. The first kappa shape index (κ1) is 13.8. The van der Waals surface area contributed by atoms with E-state index in [0.29, 0.717) is 11.8 Å². The van der Waals surface area contributed by atoms with Gasteiger partial charge in [0.1, 0.15) is 0 Å². The molecule has 3 heterocycles. The van der Waals surface area contributed by atoms with Gasteiger partial charge in [0.25, 0.3) is 0 Å². The number of hydrogen-bond acceptors (Lipinski definition) is 6. The van der Waals surface area contributed by atoms with Crippen molar-refractivity contribution in [2.45, 2.75) is 51.0 Å². The molecule has 4 rings (SSSR count). The van der Waals surface area contributed by atoms with Crippen LogP contribution in [0.25, 0.3) is 0 Å². The van der Waals surface area contributed by atoms with Crippen LogP contribution in [0.15, 0.2) is 16.9 Å². The van der Waals surface area contributed by atoms with E-state index in [0.717, 1.165) is 55.6 Å². The zero-order valence-electron chi connectivity index (χ0n) is 12.9. The van der Waals surface area contributed by atoms with Crippen LogP contribution in [0.1, 0.15) is 60.6 Å². The SMILES string of the molecule is Cc1cnc(CN2CCC[C@@H](c3noc(C4CC4)n3)C2)cn1. The fourth-order valence-electron chi connectivity index (χ4n) is 3.05. The Balaban J connectivity index is 1.41. The van der Waals surface area contributed by atoms with Gasteiger partial charge in [-0.2, -0.15) is 4.98 Å². The lowest BCUT2D eigenvalue weighted by Crippen LogP contribution is -2.34. The van der Waals surface area contributed by atoms with Gasteiger partial charge in [0.05, 0.1) is 11.4 Å². The van der Waals surface area contributed by atoms with E-state index in [1.165, 1.54) is 12.8 Å². The van der Waals surface area contributed by atoms with Crippen molar-refractivity contribution in [3.05, 3.63) is 35.5 Å². The molecule has 6 heteroatoms.